The fourth-order valence-electron chi connectivity index (χ4n) is 6.08. The predicted molar refractivity (Wildman–Crippen MR) is 141 cm³/mol. The van der Waals surface area contributed by atoms with Gasteiger partial charge in [-0.3, -0.25) is 9.69 Å². The molecule has 0 radical (unpaired) electrons. The normalized spacial score (nSPS) is 19.6. The minimum Gasteiger partial charge on any atom is -0.381 e. The number of alkyl halides is 3. The highest BCUT2D eigenvalue weighted by molar-refractivity contribution is 6.10. The number of carbonyl (C=O) groups is 1. The number of amides is 1. The number of carbonyl (C=O) groups excluding carboxylic acids is 1. The van der Waals surface area contributed by atoms with Crippen LogP contribution in [-0.4, -0.2) is 65.1 Å². The van der Waals surface area contributed by atoms with Crippen molar-refractivity contribution >= 4 is 11.6 Å². The first-order valence-electron chi connectivity index (χ1n) is 13.5. The highest BCUT2D eigenvalue weighted by Crippen LogP contribution is 2.42. The number of aryl methyl sites for hydroxylation is 1. The molecule has 0 bridgehead atoms. The van der Waals surface area contributed by atoms with Crippen LogP contribution in [0.25, 0.3) is 0 Å². The molecule has 3 aliphatic heterocycles. The van der Waals surface area contributed by atoms with Gasteiger partial charge in [0.15, 0.2) is 0 Å². The Hall–Kier alpha value is -3.28. The van der Waals surface area contributed by atoms with Gasteiger partial charge in [-0.25, -0.2) is 0 Å². The zero-order valence-electron chi connectivity index (χ0n) is 22.6. The van der Waals surface area contributed by atoms with Crippen LogP contribution in [0.5, 0.6) is 0 Å². The number of ether oxygens (including phenoxy) is 2. The Morgan fingerprint density at radius 2 is 1.93 bits per heavy atom. The van der Waals surface area contributed by atoms with Gasteiger partial charge in [0.1, 0.15) is 12.2 Å². The lowest BCUT2D eigenvalue weighted by Gasteiger charge is -2.42. The number of methoxy groups -OCH3 is 1. The molecule has 2 saturated heterocycles. The van der Waals surface area contributed by atoms with Crippen LogP contribution in [0, 0.1) is 0 Å². The maximum absolute atomic E-state index is 14.3. The Labute approximate surface area is 230 Å². The molecule has 3 aromatic rings. The second-order valence-corrected chi connectivity index (χ2v) is 11.1. The van der Waals surface area contributed by atoms with Crippen molar-refractivity contribution in [1.82, 2.24) is 19.7 Å². The second kappa shape index (κ2) is 10.3. The summed E-state index contributed by atoms with van der Waals surface area (Å²) < 4.78 is 55.6. The molecule has 6 rings (SSSR count). The van der Waals surface area contributed by atoms with Crippen LogP contribution in [0.3, 0.4) is 0 Å². The van der Waals surface area contributed by atoms with Crippen molar-refractivity contribution in [2.45, 2.75) is 50.0 Å². The number of rotatable bonds is 7. The van der Waals surface area contributed by atoms with Gasteiger partial charge in [0.25, 0.3) is 5.91 Å². The fraction of sp³-hybridized carbons (Fsp3) is 0.483. The van der Waals surface area contributed by atoms with E-state index in [1.165, 1.54) is 11.0 Å². The quantitative estimate of drug-likeness (QED) is 0.437. The maximum atomic E-state index is 14.3. The molecule has 0 saturated carbocycles. The van der Waals surface area contributed by atoms with Crippen molar-refractivity contribution < 1.29 is 27.4 Å². The molecule has 0 unspecified atom stereocenters. The fourth-order valence-corrected chi connectivity index (χ4v) is 6.08. The largest absolute Gasteiger partial charge is 0.416 e. The number of nitrogens with zero attached hydrogens (tertiary/aromatic N) is 5. The smallest absolute Gasteiger partial charge is 0.381 e. The minimum atomic E-state index is -4.56. The molecule has 0 aliphatic carbocycles. The first-order chi connectivity index (χ1) is 19.2. The summed E-state index contributed by atoms with van der Waals surface area (Å²) in [6.45, 7) is 2.69. The van der Waals surface area contributed by atoms with Crippen molar-refractivity contribution in [2.75, 3.05) is 38.3 Å². The van der Waals surface area contributed by atoms with E-state index >= 15 is 0 Å². The molecule has 8 nitrogen and oxygen atoms in total. The lowest BCUT2D eigenvalue weighted by molar-refractivity contribution is -0.138. The molecule has 1 aromatic heterocycles. The molecule has 4 heterocycles. The van der Waals surface area contributed by atoms with Crippen LogP contribution in [-0.2, 0) is 47.6 Å². The van der Waals surface area contributed by atoms with Gasteiger partial charge in [-0.1, -0.05) is 12.1 Å². The summed E-state index contributed by atoms with van der Waals surface area (Å²) in [4.78, 5) is 17.2. The Balaban J connectivity index is 1.28. The van der Waals surface area contributed by atoms with Crippen molar-refractivity contribution in [3.63, 3.8) is 0 Å². The van der Waals surface area contributed by atoms with Gasteiger partial charge in [-0.05, 0) is 53.8 Å². The summed E-state index contributed by atoms with van der Waals surface area (Å²) in [5.74, 6) is 0.400. The number of hydrogen-bond donors (Lipinski definition) is 0. The van der Waals surface area contributed by atoms with Gasteiger partial charge in [0.2, 0.25) is 0 Å². The number of piperidine rings is 1. The average Bonchev–Trinajstić information content (AvgIpc) is 3.48. The number of halogens is 3. The first-order valence-corrected chi connectivity index (χ1v) is 13.5. The van der Waals surface area contributed by atoms with E-state index in [4.69, 9.17) is 9.47 Å². The Morgan fingerprint density at radius 3 is 2.55 bits per heavy atom. The second-order valence-electron chi connectivity index (χ2n) is 11.1. The summed E-state index contributed by atoms with van der Waals surface area (Å²) in [6, 6.07) is 10.4. The SMILES string of the molecule is COC1CCN(Cc2cc3c(c(C(F)(F)F)c2)CN(c2cccc(C4(Cc5nncn5C)COC4)c2)C3=O)CC1. The zero-order valence-corrected chi connectivity index (χ0v) is 22.6. The molecule has 0 atom stereocenters. The lowest BCUT2D eigenvalue weighted by atomic mass is 9.75. The van der Waals surface area contributed by atoms with Gasteiger partial charge in [0.05, 0.1) is 31.4 Å². The maximum Gasteiger partial charge on any atom is 0.416 e. The molecule has 0 N–H and O–H groups in total. The van der Waals surface area contributed by atoms with Gasteiger partial charge in [-0.15, -0.1) is 10.2 Å². The molecule has 1 amide bonds. The topological polar surface area (TPSA) is 72.7 Å². The summed E-state index contributed by atoms with van der Waals surface area (Å²) in [6.07, 6.45) is -0.471. The Bertz CT molecular complexity index is 1410. The van der Waals surface area contributed by atoms with Crippen LogP contribution < -0.4 is 4.90 Å². The third kappa shape index (κ3) is 4.90. The number of hydrogen-bond acceptors (Lipinski definition) is 6. The lowest BCUT2D eigenvalue weighted by Crippen LogP contribution is -2.49. The molecule has 0 spiro atoms. The van der Waals surface area contributed by atoms with Crippen LogP contribution >= 0.6 is 0 Å². The highest BCUT2D eigenvalue weighted by Gasteiger charge is 2.43. The number of anilines is 1. The van der Waals surface area contributed by atoms with Crippen LogP contribution in [0.1, 0.15) is 51.3 Å². The molecule has 2 aromatic carbocycles. The summed E-state index contributed by atoms with van der Waals surface area (Å²) in [5, 5.41) is 8.18. The summed E-state index contributed by atoms with van der Waals surface area (Å²) in [5.41, 5.74) is 1.12. The highest BCUT2D eigenvalue weighted by atomic mass is 19.4. The third-order valence-electron chi connectivity index (χ3n) is 8.51. The van der Waals surface area contributed by atoms with Gasteiger partial charge in [-0.2, -0.15) is 13.2 Å². The average molecular weight is 556 g/mol. The van der Waals surface area contributed by atoms with E-state index in [1.807, 2.05) is 29.8 Å². The van der Waals surface area contributed by atoms with Crippen molar-refractivity contribution in [1.29, 1.82) is 0 Å². The summed E-state index contributed by atoms with van der Waals surface area (Å²) in [7, 11) is 3.56. The molecular formula is C29H32F3N5O3. The van der Waals surface area contributed by atoms with E-state index < -0.39 is 17.6 Å². The van der Waals surface area contributed by atoms with Crippen LogP contribution in [0.2, 0.25) is 0 Å². The van der Waals surface area contributed by atoms with E-state index in [0.29, 0.717) is 37.4 Å². The number of aromatic nitrogens is 3. The molecular weight excluding hydrogens is 523 g/mol. The minimum absolute atomic E-state index is 0.0329. The van der Waals surface area contributed by atoms with E-state index in [2.05, 4.69) is 15.1 Å². The van der Waals surface area contributed by atoms with E-state index in [9.17, 15) is 18.0 Å². The molecule has 11 heteroatoms. The Morgan fingerprint density at radius 1 is 1.15 bits per heavy atom. The Kier molecular flexibility index (Phi) is 6.92. The van der Waals surface area contributed by atoms with Gasteiger partial charge >= 0.3 is 6.18 Å². The number of likely N-dealkylation sites (tertiary alicyclic amines) is 1. The number of benzene rings is 2. The number of fused-ring (bicyclic) bond motifs is 1. The van der Waals surface area contributed by atoms with Crippen molar-refractivity contribution in [3.05, 3.63) is 76.4 Å². The standard InChI is InChI=1S/C29H32F3N5O3/c1-35-18-33-34-26(35)13-28(16-40-17-28)20-4-3-5-21(12-20)37-15-24-23(27(37)38)10-19(11-25(24)29(30,31)32)14-36-8-6-22(39-2)7-9-36/h3-5,10-12,18,22H,6-9,13-17H2,1-2H3. The van der Waals surface area contributed by atoms with E-state index in [-0.39, 0.29) is 29.2 Å². The first kappa shape index (κ1) is 26.9. The molecule has 212 valence electrons. The summed E-state index contributed by atoms with van der Waals surface area (Å²) >= 11 is 0. The van der Waals surface area contributed by atoms with Crippen molar-refractivity contribution in [2.24, 2.45) is 7.05 Å². The van der Waals surface area contributed by atoms with Gasteiger partial charge < -0.3 is 18.9 Å². The van der Waals surface area contributed by atoms with E-state index in [1.54, 1.807) is 25.6 Å². The monoisotopic (exact) mass is 555 g/mol. The molecule has 40 heavy (non-hydrogen) atoms. The van der Waals surface area contributed by atoms with Crippen molar-refractivity contribution in [3.8, 4) is 0 Å². The molecule has 3 aliphatic rings. The van der Waals surface area contributed by atoms with Gasteiger partial charge in [0, 0.05) is 56.9 Å². The van der Waals surface area contributed by atoms with Crippen LogP contribution in [0.15, 0.2) is 42.7 Å². The third-order valence-corrected chi connectivity index (χ3v) is 8.51. The predicted octanol–water partition coefficient (Wildman–Crippen LogP) is 4.12. The molecule has 2 fully saturated rings. The van der Waals surface area contributed by atoms with E-state index in [0.717, 1.165) is 37.3 Å². The zero-order chi connectivity index (χ0) is 28.1. The van der Waals surface area contributed by atoms with Crippen LogP contribution in [0.4, 0.5) is 18.9 Å².